The molecule has 1 aromatic carbocycles. The van der Waals surface area contributed by atoms with Gasteiger partial charge in [0.2, 0.25) is 5.91 Å². The highest BCUT2D eigenvalue weighted by molar-refractivity contribution is 5.79. The summed E-state index contributed by atoms with van der Waals surface area (Å²) in [5.74, 6) is 0.488. The van der Waals surface area contributed by atoms with Crippen molar-refractivity contribution < 1.29 is 4.79 Å². The lowest BCUT2D eigenvalue weighted by molar-refractivity contribution is -0.137. The van der Waals surface area contributed by atoms with E-state index < -0.39 is 0 Å². The van der Waals surface area contributed by atoms with Crippen molar-refractivity contribution in [2.45, 2.75) is 38.1 Å². The Bertz CT molecular complexity index is 480. The van der Waals surface area contributed by atoms with Gasteiger partial charge < -0.3 is 10.2 Å². The first-order valence-corrected chi connectivity index (χ1v) is 7.82. The predicted octanol–water partition coefficient (Wildman–Crippen LogP) is 2.52. The summed E-state index contributed by atoms with van der Waals surface area (Å²) in [5.41, 5.74) is 2.78. The van der Waals surface area contributed by atoms with Crippen molar-refractivity contribution in [1.29, 1.82) is 0 Å². The van der Waals surface area contributed by atoms with Crippen LogP contribution >= 0.6 is 0 Å². The fraction of sp³-hybridized carbons (Fsp3) is 0.588. The zero-order chi connectivity index (χ0) is 13.9. The molecule has 20 heavy (non-hydrogen) atoms. The summed E-state index contributed by atoms with van der Waals surface area (Å²) < 4.78 is 0. The van der Waals surface area contributed by atoms with Gasteiger partial charge in [-0.15, -0.1) is 0 Å². The number of aryl methyl sites for hydroxylation is 1. The summed E-state index contributed by atoms with van der Waals surface area (Å²) in [6.45, 7) is 1.90. The van der Waals surface area contributed by atoms with Crippen LogP contribution in [0.25, 0.3) is 0 Å². The minimum absolute atomic E-state index is 0.169. The fourth-order valence-electron chi connectivity index (χ4n) is 3.63. The zero-order valence-electron chi connectivity index (χ0n) is 12.3. The molecule has 1 fully saturated rings. The summed E-state index contributed by atoms with van der Waals surface area (Å²) in [5, 5.41) is 3.35. The van der Waals surface area contributed by atoms with Crippen molar-refractivity contribution in [1.82, 2.24) is 10.2 Å². The van der Waals surface area contributed by atoms with Crippen molar-refractivity contribution in [2.24, 2.45) is 5.92 Å². The Morgan fingerprint density at radius 3 is 2.90 bits per heavy atom. The van der Waals surface area contributed by atoms with Crippen LogP contribution in [0.2, 0.25) is 0 Å². The number of hydrogen-bond donors (Lipinski definition) is 1. The maximum Gasteiger partial charge on any atom is 0.227 e. The van der Waals surface area contributed by atoms with Crippen molar-refractivity contribution in [3.63, 3.8) is 0 Å². The van der Waals surface area contributed by atoms with E-state index in [1.807, 2.05) is 11.9 Å². The molecule has 1 aliphatic heterocycles. The average molecular weight is 272 g/mol. The number of carbonyl (C=O) groups excluding carboxylic acids is 1. The summed E-state index contributed by atoms with van der Waals surface area (Å²) in [6.07, 6.45) is 5.58. The topological polar surface area (TPSA) is 32.3 Å². The monoisotopic (exact) mass is 272 g/mol. The lowest BCUT2D eigenvalue weighted by atomic mass is 9.86. The molecule has 108 valence electrons. The molecular formula is C17H24N2O. The third-order valence-corrected chi connectivity index (χ3v) is 4.80. The highest BCUT2D eigenvalue weighted by Gasteiger charge is 2.30. The second kappa shape index (κ2) is 5.96. The number of nitrogens with one attached hydrogen (secondary N) is 1. The third kappa shape index (κ3) is 2.59. The zero-order valence-corrected chi connectivity index (χ0v) is 12.3. The molecule has 0 spiro atoms. The predicted molar refractivity (Wildman–Crippen MR) is 80.5 cm³/mol. The molecule has 3 heteroatoms. The first-order chi connectivity index (χ1) is 9.77. The maximum atomic E-state index is 12.7. The number of rotatable bonds is 2. The van der Waals surface area contributed by atoms with Crippen molar-refractivity contribution in [3.05, 3.63) is 35.4 Å². The van der Waals surface area contributed by atoms with E-state index in [9.17, 15) is 4.79 Å². The Balaban J connectivity index is 1.77. The lowest BCUT2D eigenvalue weighted by Gasteiger charge is -2.36. The second-order valence-corrected chi connectivity index (χ2v) is 6.10. The molecule has 1 saturated heterocycles. The van der Waals surface area contributed by atoms with Gasteiger partial charge in [-0.2, -0.15) is 0 Å². The van der Waals surface area contributed by atoms with Crippen LogP contribution in [0, 0.1) is 5.92 Å². The van der Waals surface area contributed by atoms with Gasteiger partial charge in [0.25, 0.3) is 0 Å². The minimum atomic E-state index is 0.169. The lowest BCUT2D eigenvalue weighted by Crippen LogP contribution is -2.43. The molecule has 0 bridgehead atoms. The van der Waals surface area contributed by atoms with Crippen LogP contribution in [0.15, 0.2) is 24.3 Å². The molecule has 1 heterocycles. The molecule has 1 N–H and O–H groups in total. The van der Waals surface area contributed by atoms with E-state index in [0.717, 1.165) is 38.8 Å². The number of amides is 1. The molecule has 1 aliphatic carbocycles. The summed E-state index contributed by atoms with van der Waals surface area (Å²) in [4.78, 5) is 14.7. The van der Waals surface area contributed by atoms with E-state index in [1.165, 1.54) is 17.5 Å². The van der Waals surface area contributed by atoms with Crippen LogP contribution in [0.4, 0.5) is 0 Å². The van der Waals surface area contributed by atoms with Gasteiger partial charge >= 0.3 is 0 Å². The first-order valence-electron chi connectivity index (χ1n) is 7.82. The molecule has 1 aromatic rings. The molecule has 2 unspecified atom stereocenters. The van der Waals surface area contributed by atoms with Crippen molar-refractivity contribution in [3.8, 4) is 0 Å². The number of nitrogens with zero attached hydrogens (tertiary/aromatic N) is 1. The second-order valence-electron chi connectivity index (χ2n) is 6.10. The van der Waals surface area contributed by atoms with Crippen LogP contribution < -0.4 is 5.32 Å². The molecule has 3 nitrogen and oxygen atoms in total. The third-order valence-electron chi connectivity index (χ3n) is 4.80. The van der Waals surface area contributed by atoms with Gasteiger partial charge in [0.15, 0.2) is 0 Å². The average Bonchev–Trinajstić information content (AvgIpc) is 2.54. The fourth-order valence-corrected chi connectivity index (χ4v) is 3.63. The molecule has 3 rings (SSSR count). The highest BCUT2D eigenvalue weighted by atomic mass is 16.2. The van der Waals surface area contributed by atoms with E-state index in [-0.39, 0.29) is 12.0 Å². The first kappa shape index (κ1) is 13.6. The van der Waals surface area contributed by atoms with E-state index in [4.69, 9.17) is 0 Å². The largest absolute Gasteiger partial charge is 0.338 e. The number of piperidine rings is 1. The quantitative estimate of drug-likeness (QED) is 0.897. The number of carbonyl (C=O) groups is 1. The molecule has 2 atom stereocenters. The van der Waals surface area contributed by atoms with Crippen LogP contribution in [0.3, 0.4) is 0 Å². The van der Waals surface area contributed by atoms with Crippen molar-refractivity contribution in [2.75, 3.05) is 20.1 Å². The minimum Gasteiger partial charge on any atom is -0.338 e. The van der Waals surface area contributed by atoms with Gasteiger partial charge in [0.1, 0.15) is 0 Å². The number of fused-ring (bicyclic) bond motifs is 1. The molecule has 0 aromatic heterocycles. The Hall–Kier alpha value is -1.35. The van der Waals surface area contributed by atoms with Crippen LogP contribution in [0.5, 0.6) is 0 Å². The van der Waals surface area contributed by atoms with Crippen LogP contribution in [0.1, 0.15) is 42.9 Å². The Labute approximate surface area is 121 Å². The Kier molecular flexibility index (Phi) is 4.06. The smallest absolute Gasteiger partial charge is 0.227 e. The van der Waals surface area contributed by atoms with Gasteiger partial charge in [-0.1, -0.05) is 24.3 Å². The van der Waals surface area contributed by atoms with Crippen LogP contribution in [-0.2, 0) is 11.2 Å². The van der Waals surface area contributed by atoms with Crippen molar-refractivity contribution >= 4 is 5.91 Å². The number of hydrogen-bond acceptors (Lipinski definition) is 2. The van der Waals surface area contributed by atoms with E-state index in [2.05, 4.69) is 29.6 Å². The van der Waals surface area contributed by atoms with E-state index >= 15 is 0 Å². The summed E-state index contributed by atoms with van der Waals surface area (Å²) in [6, 6.07) is 8.88. The molecular weight excluding hydrogens is 248 g/mol. The standard InChI is InChI=1S/C17H24N2O/c1-19(17(20)14-8-5-11-18-12-14)16-10-4-7-13-6-2-3-9-15(13)16/h2-3,6,9,14,16,18H,4-5,7-8,10-12H2,1H3. The van der Waals surface area contributed by atoms with Gasteiger partial charge in [-0.05, 0) is 49.8 Å². The highest BCUT2D eigenvalue weighted by Crippen LogP contribution is 2.34. The van der Waals surface area contributed by atoms with Gasteiger partial charge in [-0.25, -0.2) is 0 Å². The molecule has 1 amide bonds. The van der Waals surface area contributed by atoms with E-state index in [1.54, 1.807) is 0 Å². The maximum absolute atomic E-state index is 12.7. The van der Waals surface area contributed by atoms with Gasteiger partial charge in [-0.3, -0.25) is 4.79 Å². The molecule has 0 saturated carbocycles. The van der Waals surface area contributed by atoms with Gasteiger partial charge in [0.05, 0.1) is 12.0 Å². The van der Waals surface area contributed by atoms with E-state index in [0.29, 0.717) is 5.91 Å². The summed E-state index contributed by atoms with van der Waals surface area (Å²) in [7, 11) is 1.99. The summed E-state index contributed by atoms with van der Waals surface area (Å²) >= 11 is 0. The SMILES string of the molecule is CN(C(=O)C1CCCNC1)C1CCCc2ccccc21. The molecule has 2 aliphatic rings. The normalized spacial score (nSPS) is 25.9. The van der Waals surface area contributed by atoms with Crippen LogP contribution in [-0.4, -0.2) is 30.9 Å². The Morgan fingerprint density at radius 1 is 1.25 bits per heavy atom. The number of benzene rings is 1. The van der Waals surface area contributed by atoms with Gasteiger partial charge in [0, 0.05) is 13.6 Å². The Morgan fingerprint density at radius 2 is 2.10 bits per heavy atom. The molecule has 0 radical (unpaired) electrons.